The van der Waals surface area contributed by atoms with Crippen molar-refractivity contribution in [3.8, 4) is 0 Å². The Morgan fingerprint density at radius 2 is 1.70 bits per heavy atom. The molecular formula is C29H41BrO8S2. The monoisotopic (exact) mass is 660 g/mol. The Labute approximate surface area is 255 Å². The largest absolute Gasteiger partial charge is 0.479 e. The molecule has 2 aliphatic heterocycles. The van der Waals surface area contributed by atoms with E-state index in [-0.39, 0.29) is 24.1 Å². The highest BCUT2D eigenvalue weighted by atomic mass is 79.9. The molecule has 40 heavy (non-hydrogen) atoms. The first-order valence-corrected chi connectivity index (χ1v) is 15.6. The summed E-state index contributed by atoms with van der Waals surface area (Å²) >= 11 is 10.2. The van der Waals surface area contributed by atoms with Gasteiger partial charge in [0.25, 0.3) is 0 Å². The number of carbonyl (C=O) groups excluding carboxylic acids is 2. The van der Waals surface area contributed by atoms with E-state index < -0.39 is 47.4 Å². The molecule has 1 aromatic rings. The van der Waals surface area contributed by atoms with Crippen LogP contribution in [0.3, 0.4) is 0 Å². The van der Waals surface area contributed by atoms with Gasteiger partial charge in [-0.2, -0.15) is 0 Å². The molecule has 0 saturated carbocycles. The number of ketones is 1. The van der Waals surface area contributed by atoms with E-state index in [1.807, 2.05) is 46.8 Å². The van der Waals surface area contributed by atoms with Crippen LogP contribution < -0.4 is 0 Å². The molecule has 0 bridgehead atoms. The molecule has 224 valence electrons. The molecule has 2 fully saturated rings. The first kappa shape index (κ1) is 33.4. The molecule has 0 aromatic heterocycles. The van der Waals surface area contributed by atoms with Crippen molar-refractivity contribution in [2.45, 2.75) is 109 Å². The van der Waals surface area contributed by atoms with E-state index in [0.29, 0.717) is 23.0 Å². The lowest BCUT2D eigenvalue weighted by Gasteiger charge is -2.34. The number of benzene rings is 1. The average molecular weight is 662 g/mol. The molecule has 11 heteroatoms. The van der Waals surface area contributed by atoms with E-state index in [4.69, 9.17) is 40.6 Å². The maximum absolute atomic E-state index is 13.1. The van der Waals surface area contributed by atoms with Crippen molar-refractivity contribution in [3.63, 3.8) is 0 Å². The number of hydrogen-bond acceptors (Lipinski definition) is 10. The van der Waals surface area contributed by atoms with Crippen molar-refractivity contribution in [2.75, 3.05) is 13.2 Å². The molecule has 2 aliphatic rings. The van der Waals surface area contributed by atoms with Crippen molar-refractivity contribution in [1.82, 2.24) is 0 Å². The molecule has 0 spiro atoms. The third kappa shape index (κ3) is 9.21. The Morgan fingerprint density at radius 3 is 2.25 bits per heavy atom. The molecule has 0 N–H and O–H groups in total. The van der Waals surface area contributed by atoms with Gasteiger partial charge in [0.1, 0.15) is 18.3 Å². The van der Waals surface area contributed by atoms with Crippen molar-refractivity contribution in [1.29, 1.82) is 0 Å². The molecule has 2 heterocycles. The highest BCUT2D eigenvalue weighted by Crippen LogP contribution is 2.41. The minimum absolute atomic E-state index is 0.000130. The second-order valence-corrected chi connectivity index (χ2v) is 14.6. The fourth-order valence-electron chi connectivity index (χ4n) is 4.51. The van der Waals surface area contributed by atoms with Crippen molar-refractivity contribution < 1.29 is 38.0 Å². The number of carbonyl (C=O) groups is 2. The van der Waals surface area contributed by atoms with Gasteiger partial charge in [-0.15, -0.1) is 0 Å². The van der Waals surface area contributed by atoms with Crippen LogP contribution >= 0.6 is 39.9 Å². The normalized spacial score (nSPS) is 25.3. The van der Waals surface area contributed by atoms with Crippen LogP contribution in [0.2, 0.25) is 0 Å². The van der Waals surface area contributed by atoms with Gasteiger partial charge in [0.05, 0.1) is 18.6 Å². The van der Waals surface area contributed by atoms with Crippen LogP contribution in [0.4, 0.5) is 0 Å². The Bertz CT molecular complexity index is 1050. The zero-order valence-electron chi connectivity index (χ0n) is 24.5. The quantitative estimate of drug-likeness (QED) is 0.158. The molecule has 3 rings (SSSR count). The number of esters is 1. The summed E-state index contributed by atoms with van der Waals surface area (Å²) in [6, 6.07) is 7.27. The van der Waals surface area contributed by atoms with Crippen molar-refractivity contribution in [3.05, 3.63) is 34.3 Å². The maximum atomic E-state index is 13.1. The summed E-state index contributed by atoms with van der Waals surface area (Å²) in [6.07, 6.45) is -2.04. The molecule has 5 atom stereocenters. The summed E-state index contributed by atoms with van der Waals surface area (Å²) in [4.78, 5) is 26.2. The van der Waals surface area contributed by atoms with Gasteiger partial charge in [-0.1, -0.05) is 39.8 Å². The third-order valence-corrected chi connectivity index (χ3v) is 8.49. The summed E-state index contributed by atoms with van der Waals surface area (Å²) in [5.41, 5.74) is -0.130. The minimum Gasteiger partial charge on any atom is -0.479 e. The number of rotatable bonds is 10. The Morgan fingerprint density at radius 1 is 1.07 bits per heavy atom. The molecular weight excluding hydrogens is 620 g/mol. The van der Waals surface area contributed by atoms with Gasteiger partial charge in [-0.25, -0.2) is 0 Å². The fraction of sp³-hybridized carbons (Fsp3) is 0.690. The van der Waals surface area contributed by atoms with Gasteiger partial charge in [-0.05, 0) is 86.2 Å². The van der Waals surface area contributed by atoms with E-state index in [9.17, 15) is 9.59 Å². The van der Waals surface area contributed by atoms with Crippen LogP contribution in [0.15, 0.2) is 28.7 Å². The van der Waals surface area contributed by atoms with Gasteiger partial charge in [0.15, 0.2) is 23.5 Å². The number of halogens is 1. The number of Topliss-reactive ketones (excluding diaryl/α,β-unsaturated/α-hetero) is 1. The molecule has 0 amide bonds. The van der Waals surface area contributed by atoms with Gasteiger partial charge >= 0.3 is 5.97 Å². The number of thiocarbonyl (C=S) groups is 1. The number of hydrogen-bond donors (Lipinski definition) is 0. The Balaban J connectivity index is 1.92. The Kier molecular flexibility index (Phi) is 11.3. The second kappa shape index (κ2) is 13.5. The van der Waals surface area contributed by atoms with Gasteiger partial charge in [0, 0.05) is 21.7 Å². The molecule has 1 aromatic carbocycles. The molecule has 1 unspecified atom stereocenters. The van der Waals surface area contributed by atoms with Crippen LogP contribution in [0.25, 0.3) is 0 Å². The van der Waals surface area contributed by atoms with Crippen molar-refractivity contribution in [2.24, 2.45) is 5.41 Å². The second-order valence-electron chi connectivity index (χ2n) is 11.9. The molecule has 0 aliphatic carbocycles. The minimum atomic E-state index is -0.988. The topological polar surface area (TPSA) is 89.5 Å². The molecule has 0 radical (unpaired) electrons. The SMILES string of the molecule is CCOC(=S)SC(CCC(=O)c1ccc(Br)cc1)[C@@H]1OC(C)(C)O[C@@H]1[C@@H](OC(=O)C(C)(C)C)[C@@H]1COC(C)(C)O1. The van der Waals surface area contributed by atoms with Gasteiger partial charge in [-0.3, -0.25) is 9.59 Å². The average Bonchev–Trinajstić information content (AvgIpc) is 3.37. The summed E-state index contributed by atoms with van der Waals surface area (Å²) < 4.78 is 37.8. The number of thioether (sulfide) groups is 1. The zero-order valence-corrected chi connectivity index (χ0v) is 27.7. The predicted molar refractivity (Wildman–Crippen MR) is 161 cm³/mol. The summed E-state index contributed by atoms with van der Waals surface area (Å²) in [5, 5.41) is -0.337. The van der Waals surface area contributed by atoms with E-state index >= 15 is 0 Å². The van der Waals surface area contributed by atoms with Crippen LogP contribution in [-0.4, -0.2) is 70.6 Å². The first-order valence-electron chi connectivity index (χ1n) is 13.5. The Hall–Kier alpha value is -1.08. The molecule has 2 saturated heterocycles. The highest BCUT2D eigenvalue weighted by molar-refractivity contribution is 9.10. The van der Waals surface area contributed by atoms with Crippen LogP contribution in [0.1, 0.15) is 78.6 Å². The number of ether oxygens (including phenoxy) is 6. The summed E-state index contributed by atoms with van der Waals surface area (Å²) in [6.45, 7) is 15.1. The van der Waals surface area contributed by atoms with Crippen LogP contribution in [0.5, 0.6) is 0 Å². The maximum Gasteiger partial charge on any atom is 0.311 e. The van der Waals surface area contributed by atoms with Crippen LogP contribution in [-0.2, 0) is 33.2 Å². The van der Waals surface area contributed by atoms with Gasteiger partial charge < -0.3 is 28.4 Å². The predicted octanol–water partition coefficient (Wildman–Crippen LogP) is 6.46. The lowest BCUT2D eigenvalue weighted by Crippen LogP contribution is -2.51. The standard InChI is InChI=1S/C29H41BrO8S2/c1-9-33-26(39)40-21(15-14-19(31)17-10-12-18(30)13-11-17)23-24(38-29(7,8)37-23)22(35-25(32)27(2,3)4)20-16-34-28(5,6)36-20/h10-13,20-24H,9,14-16H2,1-8H3/t20-,21?,22-,23-,24+/m0/s1. The zero-order chi connectivity index (χ0) is 29.9. The van der Waals surface area contributed by atoms with E-state index in [2.05, 4.69) is 15.9 Å². The van der Waals surface area contributed by atoms with E-state index in [0.717, 1.165) is 4.47 Å². The summed E-state index contributed by atoms with van der Waals surface area (Å²) in [5.74, 6) is -2.22. The highest BCUT2D eigenvalue weighted by Gasteiger charge is 2.55. The first-order chi connectivity index (χ1) is 18.5. The van der Waals surface area contributed by atoms with Gasteiger partial charge in [0.2, 0.25) is 4.38 Å². The lowest BCUT2D eigenvalue weighted by molar-refractivity contribution is -0.199. The van der Waals surface area contributed by atoms with Crippen molar-refractivity contribution >= 4 is 56.0 Å². The molecule has 8 nitrogen and oxygen atoms in total. The van der Waals surface area contributed by atoms with Crippen LogP contribution in [0, 0.1) is 5.41 Å². The fourth-order valence-corrected chi connectivity index (χ4v) is 6.28. The van der Waals surface area contributed by atoms with E-state index in [1.54, 1.807) is 32.9 Å². The smallest absolute Gasteiger partial charge is 0.311 e. The lowest BCUT2D eigenvalue weighted by atomic mass is 9.95. The summed E-state index contributed by atoms with van der Waals surface area (Å²) in [7, 11) is 0. The van der Waals surface area contributed by atoms with E-state index in [1.165, 1.54) is 11.8 Å². The third-order valence-electron chi connectivity index (χ3n) is 6.44.